The van der Waals surface area contributed by atoms with Gasteiger partial charge in [0.15, 0.2) is 5.65 Å². The van der Waals surface area contributed by atoms with E-state index >= 15 is 0 Å². The highest BCUT2D eigenvalue weighted by atomic mass is 35.5. The monoisotopic (exact) mass is 413 g/mol. The van der Waals surface area contributed by atoms with E-state index in [9.17, 15) is 4.79 Å². The number of hydrogen-bond donors (Lipinski definition) is 1. The lowest BCUT2D eigenvalue weighted by atomic mass is 10.1. The van der Waals surface area contributed by atoms with Crippen LogP contribution in [0.2, 0.25) is 5.02 Å². The van der Waals surface area contributed by atoms with E-state index in [1.807, 2.05) is 29.8 Å². The molecule has 1 saturated heterocycles. The van der Waals surface area contributed by atoms with E-state index < -0.39 is 0 Å². The van der Waals surface area contributed by atoms with Crippen molar-refractivity contribution >= 4 is 39.9 Å². The lowest BCUT2D eigenvalue weighted by Gasteiger charge is -2.30. The fraction of sp³-hybridized carbons (Fsp3) is 0.381. The van der Waals surface area contributed by atoms with E-state index in [1.54, 1.807) is 12.3 Å². The minimum Gasteiger partial charge on any atom is -0.378 e. The molecule has 0 bridgehead atoms. The summed E-state index contributed by atoms with van der Waals surface area (Å²) < 4.78 is 7.30. The molecule has 3 aromatic rings. The summed E-state index contributed by atoms with van der Waals surface area (Å²) in [5.74, 6) is -0.217. The third kappa shape index (κ3) is 3.93. The fourth-order valence-electron chi connectivity index (χ4n) is 3.55. The van der Waals surface area contributed by atoms with Crippen molar-refractivity contribution in [2.24, 2.45) is 0 Å². The second-order valence-corrected chi connectivity index (χ2v) is 7.87. The molecule has 0 spiro atoms. The zero-order chi connectivity index (χ0) is 20.5. The van der Waals surface area contributed by atoms with Crippen molar-refractivity contribution < 1.29 is 9.53 Å². The van der Waals surface area contributed by atoms with Gasteiger partial charge in [-0.2, -0.15) is 5.10 Å². The highest BCUT2D eigenvalue weighted by molar-refractivity contribution is 6.31. The molecule has 1 N–H and O–H groups in total. The number of morpholine rings is 1. The number of ether oxygens (including phenoxy) is 1. The van der Waals surface area contributed by atoms with Crippen LogP contribution in [0.5, 0.6) is 0 Å². The van der Waals surface area contributed by atoms with Gasteiger partial charge in [0.25, 0.3) is 5.91 Å². The average molecular weight is 414 g/mol. The molecule has 3 heterocycles. The molecule has 1 fully saturated rings. The van der Waals surface area contributed by atoms with Crippen LogP contribution in [0.3, 0.4) is 0 Å². The smallest absolute Gasteiger partial charge is 0.257 e. The molecule has 0 atom stereocenters. The first-order chi connectivity index (χ1) is 13.9. The molecular weight excluding hydrogens is 390 g/mol. The Morgan fingerprint density at radius 1 is 1.24 bits per heavy atom. The molecule has 0 aliphatic carbocycles. The number of aryl methyl sites for hydroxylation is 1. The molecule has 0 radical (unpaired) electrons. The topological polar surface area (TPSA) is 72.3 Å². The minimum absolute atomic E-state index is 0.196. The highest BCUT2D eigenvalue weighted by Crippen LogP contribution is 2.31. The van der Waals surface area contributed by atoms with Crippen LogP contribution in [0.4, 0.5) is 11.4 Å². The molecule has 2 aromatic heterocycles. The van der Waals surface area contributed by atoms with Gasteiger partial charge in [0, 0.05) is 29.5 Å². The molecule has 152 valence electrons. The molecule has 0 saturated carbocycles. The van der Waals surface area contributed by atoms with Gasteiger partial charge in [0.1, 0.15) is 0 Å². The van der Waals surface area contributed by atoms with Crippen LogP contribution in [0.15, 0.2) is 30.5 Å². The summed E-state index contributed by atoms with van der Waals surface area (Å²) in [6.45, 7) is 8.81. The molecule has 7 nitrogen and oxygen atoms in total. The van der Waals surface area contributed by atoms with Gasteiger partial charge in [-0.1, -0.05) is 11.6 Å². The summed E-state index contributed by atoms with van der Waals surface area (Å²) in [5.41, 5.74) is 3.58. The number of fused-ring (bicyclic) bond motifs is 1. The Labute approximate surface area is 174 Å². The number of halogens is 1. The zero-order valence-corrected chi connectivity index (χ0v) is 17.5. The van der Waals surface area contributed by atoms with Gasteiger partial charge >= 0.3 is 0 Å². The van der Waals surface area contributed by atoms with Crippen molar-refractivity contribution in [3.63, 3.8) is 0 Å². The van der Waals surface area contributed by atoms with Crippen LogP contribution in [0.1, 0.15) is 35.9 Å². The summed E-state index contributed by atoms with van der Waals surface area (Å²) in [6.07, 6.45) is 1.75. The third-order valence-electron chi connectivity index (χ3n) is 5.05. The zero-order valence-electron chi connectivity index (χ0n) is 16.8. The largest absolute Gasteiger partial charge is 0.378 e. The number of amides is 1. The van der Waals surface area contributed by atoms with Gasteiger partial charge < -0.3 is 15.0 Å². The first kappa shape index (κ1) is 19.7. The first-order valence-electron chi connectivity index (χ1n) is 9.72. The van der Waals surface area contributed by atoms with Crippen LogP contribution in [-0.4, -0.2) is 47.0 Å². The Morgan fingerprint density at radius 3 is 2.72 bits per heavy atom. The standard InChI is InChI=1S/C21H24ClN5O2/c1-13(2)27-20-15(12-23-27)10-17(14(3)24-20)21(28)25-18-11-16(22)4-5-19(18)26-6-8-29-9-7-26/h4-5,10-13H,6-9H2,1-3H3,(H,25,28). The van der Waals surface area contributed by atoms with Gasteiger partial charge in [-0.15, -0.1) is 0 Å². The Hall–Kier alpha value is -2.64. The number of carbonyl (C=O) groups is 1. The Kier molecular flexibility index (Phi) is 5.43. The number of carbonyl (C=O) groups excluding carboxylic acids is 1. The number of benzene rings is 1. The van der Waals surface area contributed by atoms with Crippen molar-refractivity contribution in [3.8, 4) is 0 Å². The number of nitrogens with one attached hydrogen (secondary N) is 1. The molecule has 1 aromatic carbocycles. The minimum atomic E-state index is -0.217. The number of anilines is 2. The van der Waals surface area contributed by atoms with Crippen LogP contribution < -0.4 is 10.2 Å². The van der Waals surface area contributed by atoms with Crippen molar-refractivity contribution in [2.45, 2.75) is 26.8 Å². The molecule has 0 unspecified atom stereocenters. The lowest BCUT2D eigenvalue weighted by Crippen LogP contribution is -2.36. The maximum atomic E-state index is 13.1. The van der Waals surface area contributed by atoms with Gasteiger partial charge in [-0.25, -0.2) is 9.67 Å². The number of nitrogens with zero attached hydrogens (tertiary/aromatic N) is 4. The first-order valence-corrected chi connectivity index (χ1v) is 10.1. The SMILES string of the molecule is Cc1nc2c(cnn2C(C)C)cc1C(=O)Nc1cc(Cl)ccc1N1CCOCC1. The van der Waals surface area contributed by atoms with Gasteiger partial charge in [0.2, 0.25) is 0 Å². The molecule has 29 heavy (non-hydrogen) atoms. The number of rotatable bonds is 4. The lowest BCUT2D eigenvalue weighted by molar-refractivity contribution is 0.102. The second kappa shape index (κ2) is 8.00. The third-order valence-corrected chi connectivity index (χ3v) is 5.29. The molecule has 1 aliphatic rings. The van der Waals surface area contributed by atoms with E-state index in [2.05, 4.69) is 34.1 Å². The summed E-state index contributed by atoms with van der Waals surface area (Å²) in [6, 6.07) is 7.59. The van der Waals surface area contributed by atoms with Gasteiger partial charge in [-0.3, -0.25) is 4.79 Å². The second-order valence-electron chi connectivity index (χ2n) is 7.43. The van der Waals surface area contributed by atoms with Crippen molar-refractivity contribution in [2.75, 3.05) is 36.5 Å². The van der Waals surface area contributed by atoms with E-state index in [0.29, 0.717) is 35.2 Å². The summed E-state index contributed by atoms with van der Waals surface area (Å²) in [5, 5.41) is 8.83. The maximum absolute atomic E-state index is 13.1. The normalized spacial score (nSPS) is 14.6. The van der Waals surface area contributed by atoms with E-state index in [0.717, 1.165) is 29.8 Å². The van der Waals surface area contributed by atoms with Crippen molar-refractivity contribution in [1.29, 1.82) is 0 Å². The summed E-state index contributed by atoms with van der Waals surface area (Å²) >= 11 is 6.21. The highest BCUT2D eigenvalue weighted by Gasteiger charge is 2.19. The van der Waals surface area contributed by atoms with Crippen LogP contribution in [-0.2, 0) is 4.74 Å². The van der Waals surface area contributed by atoms with Crippen LogP contribution in [0.25, 0.3) is 11.0 Å². The maximum Gasteiger partial charge on any atom is 0.257 e. The molecule has 4 rings (SSSR count). The van der Waals surface area contributed by atoms with Crippen LogP contribution >= 0.6 is 11.6 Å². The predicted molar refractivity (Wildman–Crippen MR) is 115 cm³/mol. The molecule has 1 aliphatic heterocycles. The van der Waals surface area contributed by atoms with Gasteiger partial charge in [-0.05, 0) is 45.0 Å². The van der Waals surface area contributed by atoms with Crippen molar-refractivity contribution in [1.82, 2.24) is 14.8 Å². The van der Waals surface area contributed by atoms with Crippen LogP contribution in [0, 0.1) is 6.92 Å². The summed E-state index contributed by atoms with van der Waals surface area (Å²) in [4.78, 5) is 19.9. The molecule has 1 amide bonds. The van der Waals surface area contributed by atoms with E-state index in [1.165, 1.54) is 0 Å². The Morgan fingerprint density at radius 2 is 2.00 bits per heavy atom. The van der Waals surface area contributed by atoms with E-state index in [-0.39, 0.29) is 11.9 Å². The predicted octanol–water partition coefficient (Wildman–Crippen LogP) is 4.06. The summed E-state index contributed by atoms with van der Waals surface area (Å²) in [7, 11) is 0. The van der Waals surface area contributed by atoms with Gasteiger partial charge in [0.05, 0.1) is 42.0 Å². The number of hydrogen-bond acceptors (Lipinski definition) is 5. The van der Waals surface area contributed by atoms with Crippen molar-refractivity contribution in [3.05, 3.63) is 46.7 Å². The Balaban J connectivity index is 1.66. The van der Waals surface area contributed by atoms with E-state index in [4.69, 9.17) is 16.3 Å². The average Bonchev–Trinajstić information content (AvgIpc) is 3.11. The quantitative estimate of drug-likeness (QED) is 0.698. The number of pyridine rings is 1. The number of aromatic nitrogens is 3. The fourth-order valence-corrected chi connectivity index (χ4v) is 3.72. The molecular formula is C21H24ClN5O2. The Bertz CT molecular complexity index is 1060. The molecule has 8 heteroatoms.